The van der Waals surface area contributed by atoms with E-state index in [4.69, 9.17) is 4.42 Å². The van der Waals surface area contributed by atoms with Gasteiger partial charge in [0.25, 0.3) is 5.91 Å². The molecule has 6 nitrogen and oxygen atoms in total. The molecule has 0 fully saturated rings. The largest absolute Gasteiger partial charge is 0.459 e. The van der Waals surface area contributed by atoms with Gasteiger partial charge < -0.3 is 9.73 Å². The summed E-state index contributed by atoms with van der Waals surface area (Å²) in [6.07, 6.45) is 1.61. The number of benzene rings is 3. The minimum atomic E-state index is -0.384. The number of hydrogen-bond acceptors (Lipinski definition) is 4. The van der Waals surface area contributed by atoms with Gasteiger partial charge in [0.2, 0.25) is 11.8 Å². The van der Waals surface area contributed by atoms with Crippen molar-refractivity contribution in [2.75, 3.05) is 10.2 Å². The first kappa shape index (κ1) is 21.8. The van der Waals surface area contributed by atoms with E-state index < -0.39 is 0 Å². The van der Waals surface area contributed by atoms with Gasteiger partial charge in [-0.05, 0) is 47.5 Å². The number of carbonyl (C=O) groups excluding carboxylic acids is 3. The van der Waals surface area contributed by atoms with Gasteiger partial charge in [-0.3, -0.25) is 19.3 Å². The lowest BCUT2D eigenvalue weighted by Gasteiger charge is -2.22. The van der Waals surface area contributed by atoms with Crippen LogP contribution in [0.3, 0.4) is 0 Å². The summed E-state index contributed by atoms with van der Waals surface area (Å²) < 4.78 is 5.10. The Hall–Kier alpha value is -4.45. The predicted molar refractivity (Wildman–Crippen MR) is 126 cm³/mol. The number of carbonyl (C=O) groups is 3. The summed E-state index contributed by atoms with van der Waals surface area (Å²) >= 11 is 0. The van der Waals surface area contributed by atoms with Crippen molar-refractivity contribution in [3.05, 3.63) is 120 Å². The van der Waals surface area contributed by atoms with Crippen LogP contribution in [0.2, 0.25) is 0 Å². The number of imide groups is 1. The third-order valence-electron chi connectivity index (χ3n) is 5.02. The third-order valence-corrected chi connectivity index (χ3v) is 5.02. The van der Waals surface area contributed by atoms with Crippen LogP contribution in [0.15, 0.2) is 108 Å². The van der Waals surface area contributed by atoms with E-state index in [0.717, 1.165) is 11.1 Å². The number of furan rings is 1. The Balaban J connectivity index is 1.55. The average Bonchev–Trinajstić information content (AvgIpc) is 3.37. The number of amides is 3. The molecular weight excluding hydrogens is 416 g/mol. The summed E-state index contributed by atoms with van der Waals surface area (Å²) in [7, 11) is 0. The van der Waals surface area contributed by atoms with E-state index >= 15 is 0 Å². The summed E-state index contributed by atoms with van der Waals surface area (Å²) in [5.74, 6) is -0.842. The van der Waals surface area contributed by atoms with Crippen molar-refractivity contribution in [1.29, 1.82) is 0 Å². The van der Waals surface area contributed by atoms with Crippen molar-refractivity contribution in [2.45, 2.75) is 12.8 Å². The van der Waals surface area contributed by atoms with Crippen molar-refractivity contribution < 1.29 is 18.8 Å². The first-order valence-electron chi connectivity index (χ1n) is 10.5. The van der Waals surface area contributed by atoms with E-state index in [9.17, 15) is 14.4 Å². The van der Waals surface area contributed by atoms with Gasteiger partial charge in [-0.2, -0.15) is 0 Å². The highest BCUT2D eigenvalue weighted by Gasteiger charge is 2.24. The van der Waals surface area contributed by atoms with Gasteiger partial charge in [-0.25, -0.2) is 0 Å². The van der Waals surface area contributed by atoms with Crippen LogP contribution in [-0.4, -0.2) is 17.7 Å². The molecule has 6 heteroatoms. The number of nitrogens with zero attached hydrogens (tertiary/aromatic N) is 1. The fourth-order valence-electron chi connectivity index (χ4n) is 3.42. The maximum absolute atomic E-state index is 13.2. The average molecular weight is 438 g/mol. The van der Waals surface area contributed by atoms with Crippen LogP contribution in [0.4, 0.5) is 11.4 Å². The zero-order valence-corrected chi connectivity index (χ0v) is 17.8. The van der Waals surface area contributed by atoms with Crippen LogP contribution in [0, 0.1) is 0 Å². The number of anilines is 2. The van der Waals surface area contributed by atoms with E-state index in [0.29, 0.717) is 11.4 Å². The van der Waals surface area contributed by atoms with Crippen molar-refractivity contribution >= 4 is 29.1 Å². The third kappa shape index (κ3) is 5.62. The molecule has 164 valence electrons. The monoisotopic (exact) mass is 438 g/mol. The van der Waals surface area contributed by atoms with Crippen LogP contribution in [0.5, 0.6) is 0 Å². The summed E-state index contributed by atoms with van der Waals surface area (Å²) in [5.41, 5.74) is 2.60. The Morgan fingerprint density at radius 3 is 1.70 bits per heavy atom. The molecule has 0 radical (unpaired) electrons. The standard InChI is InChI=1S/C27H22N2O4/c30-25(18-20-8-3-1-4-9-20)29(26(31)19-21-10-5-2-6-11-21)23-15-13-22(14-16-23)28-27(32)24-12-7-17-33-24/h1-17H,18-19H2,(H,28,32). The maximum Gasteiger partial charge on any atom is 0.291 e. The molecule has 3 aromatic carbocycles. The first-order valence-corrected chi connectivity index (χ1v) is 10.5. The Kier molecular flexibility index (Phi) is 6.75. The Morgan fingerprint density at radius 2 is 1.21 bits per heavy atom. The second kappa shape index (κ2) is 10.2. The van der Waals surface area contributed by atoms with Crippen LogP contribution in [-0.2, 0) is 22.4 Å². The molecule has 33 heavy (non-hydrogen) atoms. The molecule has 1 N–H and O–H groups in total. The molecule has 0 aliphatic carbocycles. The van der Waals surface area contributed by atoms with Gasteiger partial charge in [-0.15, -0.1) is 0 Å². The van der Waals surface area contributed by atoms with Gasteiger partial charge in [0.05, 0.1) is 24.8 Å². The summed E-state index contributed by atoms with van der Waals surface area (Å²) in [5, 5.41) is 2.73. The second-order valence-corrected chi connectivity index (χ2v) is 7.43. The van der Waals surface area contributed by atoms with Crippen LogP contribution < -0.4 is 10.2 Å². The molecule has 0 bridgehead atoms. The van der Waals surface area contributed by atoms with E-state index in [1.165, 1.54) is 11.2 Å². The lowest BCUT2D eigenvalue weighted by molar-refractivity contribution is -0.125. The predicted octanol–water partition coefficient (Wildman–Crippen LogP) is 4.88. The molecule has 0 aliphatic rings. The lowest BCUT2D eigenvalue weighted by Crippen LogP contribution is -2.39. The zero-order chi connectivity index (χ0) is 23.0. The molecule has 1 heterocycles. The fraction of sp³-hybridized carbons (Fsp3) is 0.0741. The SMILES string of the molecule is O=C(Nc1ccc(N(C(=O)Cc2ccccc2)C(=O)Cc2ccccc2)cc1)c1ccco1. The van der Waals surface area contributed by atoms with Crippen LogP contribution in [0.25, 0.3) is 0 Å². The lowest BCUT2D eigenvalue weighted by atomic mass is 10.1. The summed E-state index contributed by atoms with van der Waals surface area (Å²) in [4.78, 5) is 39.8. The molecular formula is C27H22N2O4. The van der Waals surface area contributed by atoms with E-state index in [-0.39, 0.29) is 36.3 Å². The van der Waals surface area contributed by atoms with Gasteiger partial charge >= 0.3 is 0 Å². The summed E-state index contributed by atoms with van der Waals surface area (Å²) in [6, 6.07) is 28.4. The Morgan fingerprint density at radius 1 is 0.667 bits per heavy atom. The van der Waals surface area contributed by atoms with Crippen molar-refractivity contribution in [1.82, 2.24) is 0 Å². The minimum absolute atomic E-state index is 0.0956. The molecule has 4 rings (SSSR count). The van der Waals surface area contributed by atoms with E-state index in [2.05, 4.69) is 5.32 Å². The number of rotatable bonds is 7. The Bertz CT molecular complexity index is 1160. The topological polar surface area (TPSA) is 79.6 Å². The van der Waals surface area contributed by atoms with Gasteiger partial charge in [0, 0.05) is 5.69 Å². The Labute approximate surface area is 191 Å². The van der Waals surface area contributed by atoms with Crippen molar-refractivity contribution in [2.24, 2.45) is 0 Å². The highest BCUT2D eigenvalue weighted by Crippen LogP contribution is 2.21. The van der Waals surface area contributed by atoms with Crippen LogP contribution in [0.1, 0.15) is 21.7 Å². The summed E-state index contributed by atoms with van der Waals surface area (Å²) in [6.45, 7) is 0. The number of hydrogen-bond donors (Lipinski definition) is 1. The first-order chi connectivity index (χ1) is 16.1. The molecule has 0 unspecified atom stereocenters. The quantitative estimate of drug-likeness (QED) is 0.446. The van der Waals surface area contributed by atoms with Crippen molar-refractivity contribution in [3.63, 3.8) is 0 Å². The van der Waals surface area contributed by atoms with E-state index in [1.54, 1.807) is 36.4 Å². The van der Waals surface area contributed by atoms with Gasteiger partial charge in [0.15, 0.2) is 5.76 Å². The highest BCUT2D eigenvalue weighted by molar-refractivity contribution is 6.16. The molecule has 0 aliphatic heterocycles. The van der Waals surface area contributed by atoms with E-state index in [1.807, 2.05) is 60.7 Å². The molecule has 1 aromatic heterocycles. The fourth-order valence-corrected chi connectivity index (χ4v) is 3.42. The molecule has 0 saturated carbocycles. The van der Waals surface area contributed by atoms with Crippen LogP contribution >= 0.6 is 0 Å². The molecule has 0 atom stereocenters. The smallest absolute Gasteiger partial charge is 0.291 e. The molecule has 0 spiro atoms. The molecule has 0 saturated heterocycles. The van der Waals surface area contributed by atoms with Gasteiger partial charge in [-0.1, -0.05) is 60.7 Å². The highest BCUT2D eigenvalue weighted by atomic mass is 16.3. The molecule has 4 aromatic rings. The minimum Gasteiger partial charge on any atom is -0.459 e. The number of nitrogens with one attached hydrogen (secondary N) is 1. The molecule has 3 amide bonds. The zero-order valence-electron chi connectivity index (χ0n) is 17.8. The normalized spacial score (nSPS) is 10.4. The maximum atomic E-state index is 13.2. The van der Waals surface area contributed by atoms with Crippen molar-refractivity contribution in [3.8, 4) is 0 Å². The second-order valence-electron chi connectivity index (χ2n) is 7.43. The van der Waals surface area contributed by atoms with Gasteiger partial charge in [0.1, 0.15) is 0 Å².